The Morgan fingerprint density at radius 1 is 1.59 bits per heavy atom. The number of halogens is 1. The summed E-state index contributed by atoms with van der Waals surface area (Å²) >= 11 is 5.82. The molecule has 0 aliphatic heterocycles. The summed E-state index contributed by atoms with van der Waals surface area (Å²) in [6.45, 7) is 1.92. The minimum atomic E-state index is -0.228. The molecule has 0 bridgehead atoms. The van der Waals surface area contributed by atoms with Gasteiger partial charge in [0, 0.05) is 6.20 Å². The van der Waals surface area contributed by atoms with Crippen molar-refractivity contribution in [3.05, 3.63) is 35.4 Å². The molecule has 0 unspecified atom stereocenters. The summed E-state index contributed by atoms with van der Waals surface area (Å²) in [6, 6.07) is 3.38. The molecule has 17 heavy (non-hydrogen) atoms. The summed E-state index contributed by atoms with van der Waals surface area (Å²) < 4.78 is 1.50. The molecule has 0 atom stereocenters. The fourth-order valence-electron chi connectivity index (χ4n) is 1.27. The Balaban J connectivity index is 2.03. The molecular formula is C10H10ClN5O. The van der Waals surface area contributed by atoms with Crippen molar-refractivity contribution < 1.29 is 4.79 Å². The smallest absolute Gasteiger partial charge is 0.246 e. The molecule has 2 aromatic heterocycles. The highest BCUT2D eigenvalue weighted by atomic mass is 35.5. The quantitative estimate of drug-likeness (QED) is 0.834. The van der Waals surface area contributed by atoms with Gasteiger partial charge in [-0.2, -0.15) is 0 Å². The number of anilines is 1. The van der Waals surface area contributed by atoms with Crippen LogP contribution < -0.4 is 5.32 Å². The average molecular weight is 252 g/mol. The van der Waals surface area contributed by atoms with E-state index in [0.717, 1.165) is 5.69 Å². The van der Waals surface area contributed by atoms with E-state index in [1.807, 2.05) is 6.92 Å². The average Bonchev–Trinajstić information content (AvgIpc) is 2.68. The van der Waals surface area contributed by atoms with Gasteiger partial charge in [0.15, 0.2) is 5.15 Å². The number of hydrogen-bond donors (Lipinski definition) is 1. The van der Waals surface area contributed by atoms with E-state index in [2.05, 4.69) is 20.6 Å². The Morgan fingerprint density at radius 3 is 3.06 bits per heavy atom. The topological polar surface area (TPSA) is 72.7 Å². The summed E-state index contributed by atoms with van der Waals surface area (Å²) in [7, 11) is 0. The number of rotatable bonds is 3. The SMILES string of the molecule is Cc1cnnn1CC(=O)Nc1cccnc1Cl. The van der Waals surface area contributed by atoms with Crippen LogP contribution in [0.1, 0.15) is 5.69 Å². The molecule has 0 spiro atoms. The molecular weight excluding hydrogens is 242 g/mol. The lowest BCUT2D eigenvalue weighted by Gasteiger charge is -2.06. The van der Waals surface area contributed by atoms with E-state index in [0.29, 0.717) is 5.69 Å². The summed E-state index contributed by atoms with van der Waals surface area (Å²) in [5.41, 5.74) is 1.30. The number of aryl methyl sites for hydroxylation is 1. The first-order chi connectivity index (χ1) is 8.16. The minimum Gasteiger partial charge on any atom is -0.322 e. The minimum absolute atomic E-state index is 0.0943. The standard InChI is InChI=1S/C10H10ClN5O/c1-7-5-13-15-16(7)6-9(17)14-8-3-2-4-12-10(8)11/h2-5H,6H2,1H3,(H,14,17). The van der Waals surface area contributed by atoms with Crippen molar-refractivity contribution in [3.8, 4) is 0 Å². The van der Waals surface area contributed by atoms with E-state index >= 15 is 0 Å². The zero-order valence-corrected chi connectivity index (χ0v) is 9.85. The van der Waals surface area contributed by atoms with Gasteiger partial charge in [-0.15, -0.1) is 5.10 Å². The number of pyridine rings is 1. The zero-order chi connectivity index (χ0) is 12.3. The first-order valence-corrected chi connectivity index (χ1v) is 5.30. The molecule has 2 rings (SSSR count). The van der Waals surface area contributed by atoms with E-state index in [-0.39, 0.29) is 17.6 Å². The molecule has 1 N–H and O–H groups in total. The number of amides is 1. The van der Waals surface area contributed by atoms with Crippen LogP contribution in [0.5, 0.6) is 0 Å². The van der Waals surface area contributed by atoms with Crippen molar-refractivity contribution >= 4 is 23.2 Å². The van der Waals surface area contributed by atoms with E-state index in [1.54, 1.807) is 24.5 Å². The van der Waals surface area contributed by atoms with Crippen LogP contribution in [0, 0.1) is 6.92 Å². The third-order valence-corrected chi connectivity index (χ3v) is 2.44. The van der Waals surface area contributed by atoms with Crippen LogP contribution in [-0.2, 0) is 11.3 Å². The Hall–Kier alpha value is -1.95. The van der Waals surface area contributed by atoms with Crippen LogP contribution in [-0.4, -0.2) is 25.9 Å². The molecule has 0 aromatic carbocycles. The van der Waals surface area contributed by atoms with E-state index < -0.39 is 0 Å². The van der Waals surface area contributed by atoms with Gasteiger partial charge in [-0.05, 0) is 19.1 Å². The Labute approximate surface area is 103 Å². The second-order valence-corrected chi connectivity index (χ2v) is 3.78. The maximum atomic E-state index is 11.7. The van der Waals surface area contributed by atoms with E-state index in [9.17, 15) is 4.79 Å². The molecule has 2 aromatic rings. The van der Waals surface area contributed by atoms with Crippen LogP contribution in [0.15, 0.2) is 24.5 Å². The largest absolute Gasteiger partial charge is 0.322 e. The van der Waals surface area contributed by atoms with Crippen molar-refractivity contribution in [3.63, 3.8) is 0 Å². The van der Waals surface area contributed by atoms with Crippen LogP contribution in [0.2, 0.25) is 5.15 Å². The second kappa shape index (κ2) is 4.92. The van der Waals surface area contributed by atoms with Gasteiger partial charge >= 0.3 is 0 Å². The highest BCUT2D eigenvalue weighted by Gasteiger charge is 2.08. The molecule has 0 saturated heterocycles. The highest BCUT2D eigenvalue weighted by Crippen LogP contribution is 2.17. The molecule has 0 saturated carbocycles. The predicted molar refractivity (Wildman–Crippen MR) is 62.6 cm³/mol. The molecule has 1 amide bonds. The van der Waals surface area contributed by atoms with Gasteiger partial charge in [0.2, 0.25) is 5.91 Å². The lowest BCUT2D eigenvalue weighted by molar-refractivity contribution is -0.117. The van der Waals surface area contributed by atoms with Crippen molar-refractivity contribution in [2.45, 2.75) is 13.5 Å². The Morgan fingerprint density at radius 2 is 2.41 bits per heavy atom. The van der Waals surface area contributed by atoms with Crippen LogP contribution in [0.4, 0.5) is 5.69 Å². The monoisotopic (exact) mass is 251 g/mol. The molecule has 6 nitrogen and oxygen atoms in total. The fraction of sp³-hybridized carbons (Fsp3) is 0.200. The van der Waals surface area contributed by atoms with Crippen molar-refractivity contribution in [2.75, 3.05) is 5.32 Å². The van der Waals surface area contributed by atoms with Crippen LogP contribution in [0.25, 0.3) is 0 Å². The summed E-state index contributed by atoms with van der Waals surface area (Å²) in [6.07, 6.45) is 3.14. The van der Waals surface area contributed by atoms with Gasteiger partial charge in [-0.1, -0.05) is 16.8 Å². The summed E-state index contributed by atoms with van der Waals surface area (Å²) in [5, 5.41) is 10.4. The van der Waals surface area contributed by atoms with E-state index in [4.69, 9.17) is 11.6 Å². The third-order valence-electron chi connectivity index (χ3n) is 2.14. The van der Waals surface area contributed by atoms with Gasteiger partial charge in [0.05, 0.1) is 17.6 Å². The number of carbonyl (C=O) groups excluding carboxylic acids is 1. The predicted octanol–water partition coefficient (Wildman–Crippen LogP) is 1.27. The first kappa shape index (κ1) is 11.5. The molecule has 2 heterocycles. The fourth-order valence-corrected chi connectivity index (χ4v) is 1.44. The molecule has 0 aliphatic carbocycles. The van der Waals surface area contributed by atoms with Crippen molar-refractivity contribution in [1.82, 2.24) is 20.0 Å². The number of hydrogen-bond acceptors (Lipinski definition) is 4. The molecule has 7 heteroatoms. The van der Waals surface area contributed by atoms with Crippen molar-refractivity contribution in [2.24, 2.45) is 0 Å². The number of aromatic nitrogens is 4. The lowest BCUT2D eigenvalue weighted by atomic mass is 10.4. The van der Waals surface area contributed by atoms with Gasteiger partial charge in [0.25, 0.3) is 0 Å². The second-order valence-electron chi connectivity index (χ2n) is 3.42. The molecule has 0 aliphatic rings. The maximum Gasteiger partial charge on any atom is 0.246 e. The summed E-state index contributed by atoms with van der Waals surface area (Å²) in [5.74, 6) is -0.228. The first-order valence-electron chi connectivity index (χ1n) is 4.92. The lowest BCUT2D eigenvalue weighted by Crippen LogP contribution is -2.20. The molecule has 0 fully saturated rings. The zero-order valence-electron chi connectivity index (χ0n) is 9.09. The maximum absolute atomic E-state index is 11.7. The normalized spacial score (nSPS) is 10.2. The van der Waals surface area contributed by atoms with Gasteiger partial charge in [-0.3, -0.25) is 4.79 Å². The van der Waals surface area contributed by atoms with E-state index in [1.165, 1.54) is 4.68 Å². The van der Waals surface area contributed by atoms with Crippen LogP contribution in [0.3, 0.4) is 0 Å². The van der Waals surface area contributed by atoms with Gasteiger partial charge in [0.1, 0.15) is 6.54 Å². The highest BCUT2D eigenvalue weighted by molar-refractivity contribution is 6.32. The number of nitrogens with zero attached hydrogens (tertiary/aromatic N) is 4. The third kappa shape index (κ3) is 2.79. The molecule has 88 valence electrons. The van der Waals surface area contributed by atoms with Crippen molar-refractivity contribution in [1.29, 1.82) is 0 Å². The van der Waals surface area contributed by atoms with Gasteiger partial charge in [-0.25, -0.2) is 9.67 Å². The van der Waals surface area contributed by atoms with Gasteiger partial charge < -0.3 is 5.32 Å². The number of carbonyl (C=O) groups is 1. The van der Waals surface area contributed by atoms with Crippen LogP contribution >= 0.6 is 11.6 Å². The summed E-state index contributed by atoms with van der Waals surface area (Å²) in [4.78, 5) is 15.6. The number of nitrogens with one attached hydrogen (secondary N) is 1. The Bertz CT molecular complexity index is 539. The molecule has 0 radical (unpaired) electrons. The Kier molecular flexibility index (Phi) is 3.34.